The fourth-order valence-electron chi connectivity index (χ4n) is 5.41. The Bertz CT molecular complexity index is 2030. The van der Waals surface area contributed by atoms with Crippen LogP contribution < -0.4 is 10.4 Å². The van der Waals surface area contributed by atoms with E-state index in [4.69, 9.17) is 28.1 Å². The number of rotatable bonds is 9. The van der Waals surface area contributed by atoms with E-state index >= 15 is 0 Å². The van der Waals surface area contributed by atoms with Crippen molar-refractivity contribution in [2.24, 2.45) is 10.2 Å². The molecule has 0 N–H and O–H groups in total. The van der Waals surface area contributed by atoms with Crippen molar-refractivity contribution in [3.63, 3.8) is 0 Å². The number of hydrogen-bond donors (Lipinski definition) is 0. The van der Waals surface area contributed by atoms with Gasteiger partial charge in [-0.25, -0.2) is 4.79 Å². The normalized spacial score (nSPS) is 21.0. The molecule has 0 bridgehead atoms. The van der Waals surface area contributed by atoms with Crippen molar-refractivity contribution < 1.29 is 47.3 Å². The van der Waals surface area contributed by atoms with Crippen LogP contribution in [0.25, 0.3) is 22.2 Å². The van der Waals surface area contributed by atoms with E-state index in [9.17, 15) is 24.0 Å². The van der Waals surface area contributed by atoms with Gasteiger partial charge in [0.15, 0.2) is 24.5 Å². The molecule has 0 amide bonds. The predicted molar refractivity (Wildman–Crippen MR) is 175 cm³/mol. The van der Waals surface area contributed by atoms with E-state index in [1.54, 1.807) is 16.0 Å². The second-order valence-corrected chi connectivity index (χ2v) is 11.9. The van der Waals surface area contributed by atoms with Gasteiger partial charge in [-0.3, -0.25) is 23.7 Å². The largest absolute Gasteiger partial charge is 0.463 e. The number of thiazole rings is 1. The third-order valence-corrected chi connectivity index (χ3v) is 8.13. The standard InChI is InChI=1S/C34H33N3O11S/c1-18-11-12-25-24(14-29(42)47-27(25)13-18)15-35-36-34-37(26(17-49-34)23-9-7-6-8-10-23)33-32(46-22(5)41)31(45-21(4)40)30(44-20(3)39)28(48-33)16-43-19(2)38/h6-15,17,28,30-33H,16H2,1-5H3/b35-15+,36-34-/t28-,30-,31+,32-,33-/m1/s1. The van der Waals surface area contributed by atoms with E-state index in [0.29, 0.717) is 22.2 Å². The van der Waals surface area contributed by atoms with Crippen molar-refractivity contribution in [1.82, 2.24) is 4.57 Å². The third-order valence-electron chi connectivity index (χ3n) is 7.30. The molecule has 49 heavy (non-hydrogen) atoms. The molecule has 1 aliphatic heterocycles. The Morgan fingerprint density at radius 1 is 0.878 bits per heavy atom. The third kappa shape index (κ3) is 8.36. The molecule has 0 radical (unpaired) electrons. The van der Waals surface area contributed by atoms with Crippen LogP contribution in [-0.2, 0) is 42.9 Å². The summed E-state index contributed by atoms with van der Waals surface area (Å²) in [5.41, 5.74) is 2.49. The number of ether oxygens (including phenoxy) is 5. The summed E-state index contributed by atoms with van der Waals surface area (Å²) in [6, 6.07) is 15.9. The number of aryl methyl sites for hydroxylation is 1. The zero-order chi connectivity index (χ0) is 35.2. The highest BCUT2D eigenvalue weighted by atomic mass is 32.1. The lowest BCUT2D eigenvalue weighted by Crippen LogP contribution is -2.61. The van der Waals surface area contributed by atoms with Crippen molar-refractivity contribution in [3.05, 3.63) is 86.3 Å². The zero-order valence-electron chi connectivity index (χ0n) is 27.2. The molecule has 256 valence electrons. The van der Waals surface area contributed by atoms with E-state index in [2.05, 4.69) is 10.2 Å². The molecular weight excluding hydrogens is 658 g/mol. The smallest absolute Gasteiger partial charge is 0.336 e. The Morgan fingerprint density at radius 3 is 2.22 bits per heavy atom. The maximum atomic E-state index is 12.5. The van der Waals surface area contributed by atoms with E-state index in [-0.39, 0.29) is 4.80 Å². The van der Waals surface area contributed by atoms with Gasteiger partial charge in [-0.15, -0.1) is 16.4 Å². The number of hydrogen-bond acceptors (Lipinski definition) is 14. The minimum absolute atomic E-state index is 0.249. The average Bonchev–Trinajstić information content (AvgIpc) is 3.45. The first kappa shape index (κ1) is 34.9. The molecule has 1 saturated heterocycles. The molecule has 2 aromatic carbocycles. The number of esters is 4. The predicted octanol–water partition coefficient (Wildman–Crippen LogP) is 3.82. The SMILES string of the molecule is CC(=O)OC[C@H]1O[C@@H](n2c(-c3ccccc3)cs/c2=N\N=C\c2cc(=O)oc3cc(C)ccc23)[C@H](OC(C)=O)[C@@H](OC(C)=O)[C@@H]1OC(C)=O. The lowest BCUT2D eigenvalue weighted by atomic mass is 9.96. The van der Waals surface area contributed by atoms with Gasteiger partial charge < -0.3 is 28.1 Å². The molecule has 14 nitrogen and oxygen atoms in total. The molecule has 5 atom stereocenters. The van der Waals surface area contributed by atoms with Crippen LogP contribution in [0.3, 0.4) is 0 Å². The van der Waals surface area contributed by atoms with Gasteiger partial charge in [-0.2, -0.15) is 5.10 Å². The summed E-state index contributed by atoms with van der Waals surface area (Å²) in [7, 11) is 0. The van der Waals surface area contributed by atoms with Crippen LogP contribution >= 0.6 is 11.3 Å². The first-order valence-electron chi connectivity index (χ1n) is 15.1. The number of nitrogens with zero attached hydrogens (tertiary/aromatic N) is 3. The summed E-state index contributed by atoms with van der Waals surface area (Å²) in [5, 5.41) is 11.2. The topological polar surface area (TPSA) is 174 Å². The van der Waals surface area contributed by atoms with Gasteiger partial charge in [0.05, 0.1) is 11.9 Å². The van der Waals surface area contributed by atoms with E-state index < -0.39 is 66.8 Å². The molecule has 0 aliphatic carbocycles. The Labute approximate surface area is 283 Å². The lowest BCUT2D eigenvalue weighted by molar-refractivity contribution is -0.268. The van der Waals surface area contributed by atoms with Gasteiger partial charge in [0.1, 0.15) is 18.3 Å². The molecule has 0 saturated carbocycles. The van der Waals surface area contributed by atoms with E-state index in [1.165, 1.54) is 37.5 Å². The molecule has 0 unspecified atom stereocenters. The van der Waals surface area contributed by atoms with Crippen molar-refractivity contribution in [1.29, 1.82) is 0 Å². The van der Waals surface area contributed by atoms with Crippen LogP contribution in [0.1, 0.15) is 45.0 Å². The number of fused-ring (bicyclic) bond motifs is 1. The lowest BCUT2D eigenvalue weighted by Gasteiger charge is -2.45. The summed E-state index contributed by atoms with van der Waals surface area (Å²) in [6.07, 6.45) is -5.15. The van der Waals surface area contributed by atoms with E-state index in [1.807, 2.05) is 49.4 Å². The summed E-state index contributed by atoms with van der Waals surface area (Å²) >= 11 is 1.18. The highest BCUT2D eigenvalue weighted by molar-refractivity contribution is 7.07. The number of carbonyl (C=O) groups excluding carboxylic acids is 4. The average molecular weight is 692 g/mol. The van der Waals surface area contributed by atoms with Gasteiger partial charge in [-0.05, 0) is 24.1 Å². The molecule has 5 rings (SSSR count). The molecule has 3 heterocycles. The summed E-state index contributed by atoms with van der Waals surface area (Å²) in [4.78, 5) is 61.5. The van der Waals surface area contributed by atoms with Crippen LogP contribution in [-0.4, -0.2) is 65.7 Å². The molecule has 4 aromatic rings. The maximum Gasteiger partial charge on any atom is 0.336 e. The molecule has 2 aromatic heterocycles. The Balaban J connectivity index is 1.70. The highest BCUT2D eigenvalue weighted by Gasteiger charge is 2.53. The van der Waals surface area contributed by atoms with Crippen LogP contribution in [0, 0.1) is 6.92 Å². The van der Waals surface area contributed by atoms with Gasteiger partial charge in [0.25, 0.3) is 0 Å². The van der Waals surface area contributed by atoms with Crippen LogP contribution in [0.2, 0.25) is 0 Å². The quantitative estimate of drug-likeness (QED) is 0.0821. The van der Waals surface area contributed by atoms with Crippen molar-refractivity contribution in [2.45, 2.75) is 65.3 Å². The second-order valence-electron chi connectivity index (χ2n) is 11.1. The van der Waals surface area contributed by atoms with E-state index in [0.717, 1.165) is 25.0 Å². The molecule has 1 aliphatic rings. The van der Waals surface area contributed by atoms with Crippen molar-refractivity contribution in [2.75, 3.05) is 6.61 Å². The first-order valence-corrected chi connectivity index (χ1v) is 16.0. The minimum atomic E-state index is -1.39. The Kier molecular flexibility index (Phi) is 10.8. The summed E-state index contributed by atoms with van der Waals surface area (Å²) in [5.74, 6) is -2.87. The van der Waals surface area contributed by atoms with Crippen LogP contribution in [0.5, 0.6) is 0 Å². The number of carbonyl (C=O) groups is 4. The molecule has 15 heteroatoms. The minimum Gasteiger partial charge on any atom is -0.463 e. The second kappa shape index (κ2) is 15.2. The van der Waals surface area contributed by atoms with Crippen molar-refractivity contribution in [3.8, 4) is 11.3 Å². The Hall–Kier alpha value is -5.41. The summed E-state index contributed by atoms with van der Waals surface area (Å²) in [6.45, 7) is 6.15. The summed E-state index contributed by atoms with van der Waals surface area (Å²) < 4.78 is 35.6. The highest BCUT2D eigenvalue weighted by Crippen LogP contribution is 2.37. The first-order chi connectivity index (χ1) is 23.4. The molecule has 0 spiro atoms. The molecule has 1 fully saturated rings. The van der Waals surface area contributed by atoms with Gasteiger partial charge in [0.2, 0.25) is 4.80 Å². The van der Waals surface area contributed by atoms with Gasteiger partial charge in [0, 0.05) is 50.1 Å². The van der Waals surface area contributed by atoms with Gasteiger partial charge >= 0.3 is 29.5 Å². The van der Waals surface area contributed by atoms with Crippen molar-refractivity contribution >= 4 is 52.4 Å². The zero-order valence-corrected chi connectivity index (χ0v) is 28.0. The fraction of sp³-hybridized carbons (Fsp3) is 0.324. The molecular formula is C34H33N3O11S. The number of benzene rings is 2. The van der Waals surface area contributed by atoms with Crippen LogP contribution in [0.15, 0.2) is 79.4 Å². The monoisotopic (exact) mass is 691 g/mol. The maximum absolute atomic E-state index is 12.5. The number of aromatic nitrogens is 1. The Morgan fingerprint density at radius 2 is 1.55 bits per heavy atom. The van der Waals surface area contributed by atoms with Crippen LogP contribution in [0.4, 0.5) is 0 Å². The van der Waals surface area contributed by atoms with Gasteiger partial charge in [-0.1, -0.05) is 42.5 Å². The fourth-order valence-corrected chi connectivity index (χ4v) is 6.29.